The molecule has 0 saturated carbocycles. The second-order valence-electron chi connectivity index (χ2n) is 5.34. The topological polar surface area (TPSA) is 49.9 Å². The van der Waals surface area contributed by atoms with Crippen molar-refractivity contribution in [3.63, 3.8) is 0 Å². The van der Waals surface area contributed by atoms with Crippen LogP contribution in [0.5, 0.6) is 0 Å². The summed E-state index contributed by atoms with van der Waals surface area (Å²) in [4.78, 5) is 28.4. The van der Waals surface area contributed by atoms with Crippen molar-refractivity contribution in [2.75, 3.05) is 31.2 Å². The molecule has 0 bridgehead atoms. The van der Waals surface area contributed by atoms with Crippen molar-refractivity contribution in [1.82, 2.24) is 4.90 Å². The molecule has 1 aromatic rings. The molecule has 3 rings (SSSR count). The number of hydrogen-bond acceptors (Lipinski definition) is 5. The Hall–Kier alpha value is -0.480. The lowest BCUT2D eigenvalue weighted by atomic mass is 10.3. The molecule has 9 heteroatoms. The molecule has 0 spiro atoms. The molecule has 2 heterocycles. The molecule has 1 aromatic carbocycles. The molecule has 0 N–H and O–H groups in total. The number of thiocarbonyl (C=S) groups is 1. The number of rotatable bonds is 2. The first-order valence-corrected chi connectivity index (χ1v) is 10.2. The first-order valence-electron chi connectivity index (χ1n) is 7.32. The molecule has 1 atom stereocenters. The Morgan fingerprint density at radius 1 is 1.25 bits per heavy atom. The van der Waals surface area contributed by atoms with Crippen LogP contribution in [0.3, 0.4) is 0 Å². The van der Waals surface area contributed by atoms with Crippen LogP contribution in [0, 0.1) is 0 Å². The van der Waals surface area contributed by atoms with Gasteiger partial charge in [0, 0.05) is 28.5 Å². The van der Waals surface area contributed by atoms with E-state index in [1.807, 2.05) is 11.0 Å². The van der Waals surface area contributed by atoms with Crippen LogP contribution in [0.25, 0.3) is 0 Å². The smallest absolute Gasteiger partial charge is 0.247 e. The maximum absolute atomic E-state index is 12.7. The van der Waals surface area contributed by atoms with Crippen molar-refractivity contribution in [2.45, 2.75) is 11.7 Å². The number of halogens is 2. The van der Waals surface area contributed by atoms with E-state index in [0.717, 1.165) is 17.6 Å². The number of imide groups is 1. The van der Waals surface area contributed by atoms with Gasteiger partial charge in [-0.05, 0) is 34.1 Å². The van der Waals surface area contributed by atoms with Gasteiger partial charge in [0.1, 0.15) is 9.57 Å². The predicted octanol–water partition coefficient (Wildman–Crippen LogP) is 3.19. The molecule has 128 valence electrons. The molecule has 0 aromatic heterocycles. The van der Waals surface area contributed by atoms with E-state index >= 15 is 0 Å². The van der Waals surface area contributed by atoms with Gasteiger partial charge < -0.3 is 9.64 Å². The molecule has 0 radical (unpaired) electrons. The standard InChI is InChI=1S/C15H14Br2N2O3S2/c16-9-1-2-11(10(17)7-9)19-13(20)8-12(14(19)21)24-15(23)18-3-5-22-6-4-18/h1-2,7,12H,3-6,8H2. The van der Waals surface area contributed by atoms with Gasteiger partial charge in [0.15, 0.2) is 0 Å². The summed E-state index contributed by atoms with van der Waals surface area (Å²) in [7, 11) is 0. The maximum atomic E-state index is 12.7. The monoisotopic (exact) mass is 492 g/mol. The van der Waals surface area contributed by atoms with Gasteiger partial charge in [0.05, 0.1) is 18.9 Å². The quantitative estimate of drug-likeness (QED) is 0.465. The summed E-state index contributed by atoms with van der Waals surface area (Å²) in [5.74, 6) is -0.422. The van der Waals surface area contributed by atoms with Gasteiger partial charge in [-0.3, -0.25) is 9.59 Å². The van der Waals surface area contributed by atoms with Crippen LogP contribution >= 0.6 is 55.8 Å². The Labute approximate surface area is 166 Å². The average molecular weight is 494 g/mol. The van der Waals surface area contributed by atoms with Crippen LogP contribution in [0.1, 0.15) is 6.42 Å². The first kappa shape index (κ1) is 18.3. The van der Waals surface area contributed by atoms with E-state index in [2.05, 4.69) is 31.9 Å². The Balaban J connectivity index is 1.73. The number of amides is 2. The van der Waals surface area contributed by atoms with E-state index in [-0.39, 0.29) is 18.2 Å². The van der Waals surface area contributed by atoms with Gasteiger partial charge >= 0.3 is 0 Å². The number of hydrogen-bond donors (Lipinski definition) is 0. The molecule has 2 amide bonds. The lowest BCUT2D eigenvalue weighted by Crippen LogP contribution is -2.39. The second kappa shape index (κ2) is 7.82. The number of anilines is 1. The lowest BCUT2D eigenvalue weighted by molar-refractivity contribution is -0.121. The summed E-state index contributed by atoms with van der Waals surface area (Å²) in [6, 6.07) is 5.37. The fourth-order valence-corrected chi connectivity index (χ4v) is 5.32. The number of ether oxygens (including phenoxy) is 1. The minimum atomic E-state index is -0.469. The minimum absolute atomic E-state index is 0.163. The highest BCUT2D eigenvalue weighted by Crippen LogP contribution is 2.36. The Bertz CT molecular complexity index is 695. The van der Waals surface area contributed by atoms with Crippen LogP contribution in [-0.4, -0.2) is 52.6 Å². The van der Waals surface area contributed by atoms with Crippen molar-refractivity contribution in [3.8, 4) is 0 Å². The minimum Gasteiger partial charge on any atom is -0.378 e. The van der Waals surface area contributed by atoms with Gasteiger partial charge in [-0.25, -0.2) is 4.90 Å². The molecule has 1 unspecified atom stereocenters. The summed E-state index contributed by atoms with van der Waals surface area (Å²) in [5.41, 5.74) is 0.564. The summed E-state index contributed by atoms with van der Waals surface area (Å²) < 4.78 is 7.53. The predicted molar refractivity (Wildman–Crippen MR) is 105 cm³/mol. The number of nitrogens with zero attached hydrogens (tertiary/aromatic N) is 2. The van der Waals surface area contributed by atoms with Gasteiger partial charge in [0.2, 0.25) is 11.8 Å². The van der Waals surface area contributed by atoms with Crippen molar-refractivity contribution in [1.29, 1.82) is 0 Å². The van der Waals surface area contributed by atoms with Crippen LogP contribution in [-0.2, 0) is 14.3 Å². The fourth-order valence-electron chi connectivity index (χ4n) is 2.55. The van der Waals surface area contributed by atoms with E-state index in [1.165, 1.54) is 16.7 Å². The third-order valence-electron chi connectivity index (χ3n) is 3.77. The van der Waals surface area contributed by atoms with Crippen LogP contribution in [0.4, 0.5) is 5.69 Å². The SMILES string of the molecule is O=C1CC(SC(=S)N2CCOCC2)C(=O)N1c1ccc(Br)cc1Br. The van der Waals surface area contributed by atoms with Crippen molar-refractivity contribution < 1.29 is 14.3 Å². The Morgan fingerprint density at radius 3 is 2.62 bits per heavy atom. The molecule has 2 aliphatic rings. The largest absolute Gasteiger partial charge is 0.378 e. The molecule has 2 fully saturated rings. The van der Waals surface area contributed by atoms with E-state index in [9.17, 15) is 9.59 Å². The number of benzene rings is 1. The zero-order valence-electron chi connectivity index (χ0n) is 12.5. The number of thioether (sulfide) groups is 1. The van der Waals surface area contributed by atoms with Gasteiger partial charge in [-0.15, -0.1) is 0 Å². The number of carbonyl (C=O) groups is 2. The molecule has 2 aliphatic heterocycles. The third kappa shape index (κ3) is 3.85. The molecular formula is C15H14Br2N2O3S2. The van der Waals surface area contributed by atoms with Crippen LogP contribution < -0.4 is 4.90 Å². The molecule has 24 heavy (non-hydrogen) atoms. The zero-order chi connectivity index (χ0) is 17.3. The number of carbonyl (C=O) groups excluding carboxylic acids is 2. The van der Waals surface area contributed by atoms with E-state index < -0.39 is 5.25 Å². The summed E-state index contributed by atoms with van der Waals surface area (Å²) in [5, 5.41) is -0.469. The molecule has 0 aliphatic carbocycles. The van der Waals surface area contributed by atoms with Gasteiger partial charge in [-0.2, -0.15) is 0 Å². The van der Waals surface area contributed by atoms with Gasteiger partial charge in [-0.1, -0.05) is 39.9 Å². The molecule has 5 nitrogen and oxygen atoms in total. The summed E-state index contributed by atoms with van der Waals surface area (Å²) in [6.07, 6.45) is 0.163. The zero-order valence-corrected chi connectivity index (χ0v) is 17.3. The second-order valence-corrected chi connectivity index (χ2v) is 8.95. The van der Waals surface area contributed by atoms with E-state index in [1.54, 1.807) is 12.1 Å². The Morgan fingerprint density at radius 2 is 1.96 bits per heavy atom. The molecule has 2 saturated heterocycles. The summed E-state index contributed by atoms with van der Waals surface area (Å²) >= 11 is 13.5. The average Bonchev–Trinajstić information content (AvgIpc) is 2.83. The van der Waals surface area contributed by atoms with E-state index in [0.29, 0.717) is 27.7 Å². The van der Waals surface area contributed by atoms with Crippen LogP contribution in [0.2, 0.25) is 0 Å². The number of morpholine rings is 1. The maximum Gasteiger partial charge on any atom is 0.247 e. The third-order valence-corrected chi connectivity index (χ3v) is 6.56. The first-order chi connectivity index (χ1) is 11.5. The Kier molecular flexibility index (Phi) is 5.97. The van der Waals surface area contributed by atoms with E-state index in [4.69, 9.17) is 17.0 Å². The highest BCUT2D eigenvalue weighted by atomic mass is 79.9. The van der Waals surface area contributed by atoms with Crippen molar-refractivity contribution >= 4 is 77.7 Å². The lowest BCUT2D eigenvalue weighted by Gasteiger charge is -2.29. The fraction of sp³-hybridized carbons (Fsp3) is 0.400. The highest BCUT2D eigenvalue weighted by molar-refractivity contribution is 9.11. The molecular weight excluding hydrogens is 480 g/mol. The normalized spacial score (nSPS) is 21.5. The van der Waals surface area contributed by atoms with Crippen LogP contribution in [0.15, 0.2) is 27.1 Å². The van der Waals surface area contributed by atoms with Gasteiger partial charge in [0.25, 0.3) is 0 Å². The highest BCUT2D eigenvalue weighted by Gasteiger charge is 2.41. The van der Waals surface area contributed by atoms with Crippen molar-refractivity contribution in [2.24, 2.45) is 0 Å². The van der Waals surface area contributed by atoms with Crippen molar-refractivity contribution in [3.05, 3.63) is 27.1 Å². The summed E-state index contributed by atoms with van der Waals surface area (Å²) in [6.45, 7) is 2.72.